The van der Waals surface area contributed by atoms with Crippen molar-refractivity contribution in [3.63, 3.8) is 0 Å². The monoisotopic (exact) mass is 314 g/mol. The number of methoxy groups -OCH3 is 1. The Morgan fingerprint density at radius 1 is 1.38 bits per heavy atom. The predicted octanol–water partition coefficient (Wildman–Crippen LogP) is 2.14. The van der Waals surface area contributed by atoms with Gasteiger partial charge in [0.15, 0.2) is 17.6 Å². The average molecular weight is 315 g/mol. The highest BCUT2D eigenvalue weighted by Crippen LogP contribution is 2.37. The molecule has 1 unspecified atom stereocenters. The van der Waals surface area contributed by atoms with Gasteiger partial charge >= 0.3 is 0 Å². The van der Waals surface area contributed by atoms with E-state index < -0.39 is 6.10 Å². The molecule has 0 aliphatic rings. The summed E-state index contributed by atoms with van der Waals surface area (Å²) in [6, 6.07) is 3.65. The van der Waals surface area contributed by atoms with Crippen molar-refractivity contribution < 1.29 is 14.3 Å². The zero-order valence-corrected chi connectivity index (χ0v) is 13.7. The van der Waals surface area contributed by atoms with Crippen LogP contribution in [0, 0.1) is 0 Å². The highest BCUT2D eigenvalue weighted by atomic mass is 35.5. The van der Waals surface area contributed by atoms with E-state index in [0.29, 0.717) is 29.5 Å². The third-order valence-corrected chi connectivity index (χ3v) is 3.10. The smallest absolute Gasteiger partial charge is 0.260 e. The van der Waals surface area contributed by atoms with Crippen LogP contribution in [0.5, 0.6) is 11.5 Å². The topological polar surface area (TPSA) is 73.6 Å². The van der Waals surface area contributed by atoms with Gasteiger partial charge in [0.1, 0.15) is 0 Å². The third kappa shape index (κ3) is 5.10. The Labute approximate surface area is 130 Å². The highest BCUT2D eigenvalue weighted by molar-refractivity contribution is 6.32. The van der Waals surface area contributed by atoms with Crippen molar-refractivity contribution in [3.8, 4) is 11.5 Å². The normalized spacial score (nSPS) is 12.1. The fourth-order valence-corrected chi connectivity index (χ4v) is 2.11. The molecule has 21 heavy (non-hydrogen) atoms. The fraction of sp³-hybridized carbons (Fsp3) is 0.533. The van der Waals surface area contributed by atoms with Crippen molar-refractivity contribution >= 4 is 17.5 Å². The SMILES string of the molecule is COc1cc(CCN)cc(Cl)c1OC(C)C(=O)NC(C)C. The van der Waals surface area contributed by atoms with Gasteiger partial charge in [-0.1, -0.05) is 11.6 Å². The van der Waals surface area contributed by atoms with E-state index >= 15 is 0 Å². The molecule has 5 nitrogen and oxygen atoms in total. The number of amides is 1. The van der Waals surface area contributed by atoms with E-state index in [9.17, 15) is 4.79 Å². The lowest BCUT2D eigenvalue weighted by Crippen LogP contribution is -2.40. The Morgan fingerprint density at radius 3 is 2.57 bits per heavy atom. The molecule has 118 valence electrons. The number of hydrogen-bond donors (Lipinski definition) is 2. The molecule has 1 atom stereocenters. The molecular weight excluding hydrogens is 292 g/mol. The molecule has 1 rings (SSSR count). The lowest BCUT2D eigenvalue weighted by Gasteiger charge is -2.19. The molecule has 0 aromatic heterocycles. The Balaban J connectivity index is 2.94. The molecule has 0 heterocycles. The quantitative estimate of drug-likeness (QED) is 0.808. The second-order valence-electron chi connectivity index (χ2n) is 5.07. The number of benzene rings is 1. The molecule has 0 bridgehead atoms. The Morgan fingerprint density at radius 2 is 2.05 bits per heavy atom. The summed E-state index contributed by atoms with van der Waals surface area (Å²) in [5.74, 6) is 0.663. The molecular formula is C15H23ClN2O3. The van der Waals surface area contributed by atoms with Gasteiger partial charge in [-0.05, 0) is 51.4 Å². The fourth-order valence-electron chi connectivity index (χ4n) is 1.83. The maximum atomic E-state index is 11.9. The van der Waals surface area contributed by atoms with E-state index in [-0.39, 0.29) is 11.9 Å². The van der Waals surface area contributed by atoms with Gasteiger partial charge < -0.3 is 20.5 Å². The molecule has 6 heteroatoms. The van der Waals surface area contributed by atoms with E-state index in [1.165, 1.54) is 7.11 Å². The number of ether oxygens (including phenoxy) is 2. The molecule has 0 spiro atoms. The Hall–Kier alpha value is -1.46. The third-order valence-electron chi connectivity index (χ3n) is 2.82. The number of nitrogens with one attached hydrogen (secondary N) is 1. The molecule has 3 N–H and O–H groups in total. The van der Waals surface area contributed by atoms with Gasteiger partial charge in [0.25, 0.3) is 5.91 Å². The summed E-state index contributed by atoms with van der Waals surface area (Å²) in [6.45, 7) is 5.97. The zero-order chi connectivity index (χ0) is 16.0. The maximum Gasteiger partial charge on any atom is 0.260 e. The number of rotatable bonds is 7. The Kier molecular flexibility index (Phi) is 6.78. The number of hydrogen-bond acceptors (Lipinski definition) is 4. The Bertz CT molecular complexity index is 492. The van der Waals surface area contributed by atoms with Gasteiger partial charge in [-0.15, -0.1) is 0 Å². The molecule has 1 aromatic rings. The van der Waals surface area contributed by atoms with Crippen LogP contribution in [0.2, 0.25) is 5.02 Å². The molecule has 1 amide bonds. The van der Waals surface area contributed by atoms with Crippen molar-refractivity contribution in [2.24, 2.45) is 5.73 Å². The van der Waals surface area contributed by atoms with Gasteiger partial charge in [0.05, 0.1) is 12.1 Å². The van der Waals surface area contributed by atoms with Gasteiger partial charge in [0, 0.05) is 6.04 Å². The summed E-state index contributed by atoms with van der Waals surface area (Å²) >= 11 is 6.23. The minimum absolute atomic E-state index is 0.0489. The first-order chi connectivity index (χ1) is 9.88. The first kappa shape index (κ1) is 17.6. The van der Waals surface area contributed by atoms with Crippen LogP contribution >= 0.6 is 11.6 Å². The maximum absolute atomic E-state index is 11.9. The number of carbonyl (C=O) groups excluding carboxylic acids is 1. The van der Waals surface area contributed by atoms with Crippen molar-refractivity contribution in [1.82, 2.24) is 5.32 Å². The lowest BCUT2D eigenvalue weighted by molar-refractivity contribution is -0.127. The first-order valence-corrected chi connectivity index (χ1v) is 7.30. The van der Waals surface area contributed by atoms with Crippen LogP contribution in [0.15, 0.2) is 12.1 Å². The molecule has 0 saturated heterocycles. The second-order valence-corrected chi connectivity index (χ2v) is 5.48. The number of nitrogens with two attached hydrogens (primary N) is 1. The van der Waals surface area contributed by atoms with E-state index in [1.807, 2.05) is 19.9 Å². The zero-order valence-electron chi connectivity index (χ0n) is 12.9. The van der Waals surface area contributed by atoms with Crippen LogP contribution < -0.4 is 20.5 Å². The van der Waals surface area contributed by atoms with Crippen LogP contribution in [0.4, 0.5) is 0 Å². The summed E-state index contributed by atoms with van der Waals surface area (Å²) in [6.07, 6.45) is 0.0267. The molecule has 0 aliphatic carbocycles. The van der Waals surface area contributed by atoms with E-state index in [0.717, 1.165) is 5.56 Å². The number of carbonyl (C=O) groups is 1. The highest BCUT2D eigenvalue weighted by Gasteiger charge is 2.20. The van der Waals surface area contributed by atoms with Crippen LogP contribution in [0.3, 0.4) is 0 Å². The second kappa shape index (κ2) is 8.10. The minimum Gasteiger partial charge on any atom is -0.493 e. The van der Waals surface area contributed by atoms with Crippen molar-refractivity contribution in [3.05, 3.63) is 22.7 Å². The van der Waals surface area contributed by atoms with E-state index in [1.54, 1.807) is 13.0 Å². The molecule has 1 aromatic carbocycles. The summed E-state index contributed by atoms with van der Waals surface area (Å²) in [5.41, 5.74) is 6.50. The summed E-state index contributed by atoms with van der Waals surface area (Å²) in [5, 5.41) is 3.19. The van der Waals surface area contributed by atoms with Gasteiger partial charge in [-0.2, -0.15) is 0 Å². The van der Waals surface area contributed by atoms with Gasteiger partial charge in [0.2, 0.25) is 0 Å². The minimum atomic E-state index is -0.667. The van der Waals surface area contributed by atoms with Crippen molar-refractivity contribution in [2.45, 2.75) is 39.3 Å². The molecule has 0 saturated carbocycles. The van der Waals surface area contributed by atoms with Crippen molar-refractivity contribution in [1.29, 1.82) is 0 Å². The van der Waals surface area contributed by atoms with Crippen molar-refractivity contribution in [2.75, 3.05) is 13.7 Å². The summed E-state index contributed by atoms with van der Waals surface area (Å²) in [4.78, 5) is 11.9. The van der Waals surface area contributed by atoms with Crippen LogP contribution in [0.25, 0.3) is 0 Å². The molecule has 0 aliphatic heterocycles. The first-order valence-electron chi connectivity index (χ1n) is 6.92. The predicted molar refractivity (Wildman–Crippen MR) is 84.1 cm³/mol. The van der Waals surface area contributed by atoms with Gasteiger partial charge in [-0.3, -0.25) is 4.79 Å². The summed E-state index contributed by atoms with van der Waals surface area (Å²) < 4.78 is 11.0. The summed E-state index contributed by atoms with van der Waals surface area (Å²) in [7, 11) is 1.53. The number of halogens is 1. The molecule has 0 radical (unpaired) electrons. The average Bonchev–Trinajstić information content (AvgIpc) is 2.40. The van der Waals surface area contributed by atoms with E-state index in [4.69, 9.17) is 26.8 Å². The standard InChI is InChI=1S/C15H23ClN2O3/c1-9(2)18-15(19)10(3)21-14-12(16)7-11(5-6-17)8-13(14)20-4/h7-10H,5-6,17H2,1-4H3,(H,18,19). The largest absolute Gasteiger partial charge is 0.493 e. The van der Waals surface area contributed by atoms with Crippen LogP contribution in [-0.2, 0) is 11.2 Å². The van der Waals surface area contributed by atoms with Gasteiger partial charge in [-0.25, -0.2) is 0 Å². The van der Waals surface area contributed by atoms with E-state index in [2.05, 4.69) is 5.32 Å². The van der Waals surface area contributed by atoms with Crippen LogP contribution in [-0.4, -0.2) is 31.7 Å². The lowest BCUT2D eigenvalue weighted by atomic mass is 10.1. The molecule has 0 fully saturated rings. The van der Waals surface area contributed by atoms with Crippen LogP contribution in [0.1, 0.15) is 26.3 Å².